The molecule has 0 bridgehead atoms. The number of hydrogen-bond donors (Lipinski definition) is 0. The molecule has 9 heteroatoms. The molecule has 0 heterocycles. The van der Waals surface area contributed by atoms with Crippen molar-refractivity contribution in [1.29, 1.82) is 0 Å². The average molecular weight is 362 g/mol. The molecule has 0 saturated carbocycles. The fourth-order valence-corrected chi connectivity index (χ4v) is 0. The summed E-state index contributed by atoms with van der Waals surface area (Å²) >= 11 is 0. The Balaban J connectivity index is -0.0000000720. The van der Waals surface area contributed by atoms with Crippen molar-refractivity contribution >= 4 is 0 Å². The Morgan fingerprint density at radius 3 is 0.778 bits per heavy atom. The van der Waals surface area contributed by atoms with Crippen LogP contribution in [0.3, 0.4) is 0 Å². The quantitative estimate of drug-likeness (QED) is 0.422. The van der Waals surface area contributed by atoms with E-state index in [1.165, 1.54) is 0 Å². The van der Waals surface area contributed by atoms with Crippen molar-refractivity contribution in [2.75, 3.05) is 0 Å². The molecule has 8 nitrogen and oxygen atoms in total. The summed E-state index contributed by atoms with van der Waals surface area (Å²) in [6.07, 6.45) is 0. The zero-order valence-electron chi connectivity index (χ0n) is 3.84. The van der Waals surface area contributed by atoms with Gasteiger partial charge in [-0.15, -0.1) is 0 Å². The minimum absolute atomic E-state index is 0. The van der Waals surface area contributed by atoms with Crippen LogP contribution in [0.1, 0.15) is 0 Å². The smallest absolute Gasteiger partial charge is 0.356 e. The number of rotatable bonds is 0. The Hall–Kier alpha value is -0.548. The first-order valence-electron chi connectivity index (χ1n) is 1.10. The predicted molar refractivity (Wildman–Crippen MR) is 20.7 cm³/mol. The molecule has 0 aliphatic heterocycles. The molecular weight excluding hydrogens is 362 g/mol. The van der Waals surface area contributed by atoms with E-state index in [9.17, 15) is 0 Å². The third-order valence-corrected chi connectivity index (χ3v) is 0. The van der Waals surface area contributed by atoms with E-state index in [1.54, 1.807) is 0 Å². The molecule has 0 saturated heterocycles. The first-order valence-corrected chi connectivity index (χ1v) is 1.10. The first kappa shape index (κ1) is 15.8. The van der Waals surface area contributed by atoms with Crippen molar-refractivity contribution in [3.8, 4) is 0 Å². The van der Waals surface area contributed by atoms with Gasteiger partial charge >= 0.3 is 31.1 Å². The monoisotopic (exact) mass is 362 g/mol. The van der Waals surface area contributed by atoms with Gasteiger partial charge in [-0.05, 0) is 0 Å². The summed E-state index contributed by atoms with van der Waals surface area (Å²) in [5, 5.41) is 29.5. The summed E-state index contributed by atoms with van der Waals surface area (Å²) in [4.78, 5) is 16.5. The molecule has 0 aromatic rings. The Morgan fingerprint density at radius 2 is 0.778 bits per heavy atom. The van der Waals surface area contributed by atoms with Crippen LogP contribution in [0.2, 0.25) is 0 Å². The fourth-order valence-electron chi connectivity index (χ4n) is 0. The van der Waals surface area contributed by atoms with Gasteiger partial charge in [0.1, 0.15) is 0 Å². The van der Waals surface area contributed by atoms with Crippen LogP contribution >= 0.6 is 0 Å². The third kappa shape index (κ3) is 737. The molecular formula is N2O6U+4. The number of hydrogen-bond acceptors (Lipinski definition) is 6. The Kier molecular flexibility index (Phi) is 18.3. The van der Waals surface area contributed by atoms with Gasteiger partial charge in [0.25, 0.3) is 0 Å². The van der Waals surface area contributed by atoms with Gasteiger partial charge in [-0.25, -0.2) is 0 Å². The summed E-state index contributed by atoms with van der Waals surface area (Å²) in [7, 11) is 0. The molecule has 0 aliphatic rings. The van der Waals surface area contributed by atoms with Crippen molar-refractivity contribution in [1.82, 2.24) is 0 Å². The van der Waals surface area contributed by atoms with Crippen molar-refractivity contribution < 1.29 is 41.3 Å². The average Bonchev–Trinajstić information content (AvgIpc) is 1.25. The van der Waals surface area contributed by atoms with Crippen LogP contribution in [-0.4, -0.2) is 10.2 Å². The maximum absolute atomic E-state index is 8.25. The van der Waals surface area contributed by atoms with Gasteiger partial charge in [-0.3, -0.25) is 0 Å². The number of nitrogens with zero attached hydrogens (tertiary/aromatic N) is 2. The third-order valence-electron chi connectivity index (χ3n) is 0. The van der Waals surface area contributed by atoms with Crippen LogP contribution in [0.15, 0.2) is 0 Å². The molecule has 0 aromatic heterocycles. The second kappa shape index (κ2) is 10.4. The molecule has 0 atom stereocenters. The normalized spacial score (nSPS) is 5.33. The van der Waals surface area contributed by atoms with Crippen LogP contribution in [0.4, 0.5) is 0 Å². The minimum atomic E-state index is -1.75. The predicted octanol–water partition coefficient (Wildman–Crippen LogP) is -0.478. The van der Waals surface area contributed by atoms with Crippen LogP contribution in [0.25, 0.3) is 0 Å². The summed E-state index contributed by atoms with van der Waals surface area (Å²) in [5.41, 5.74) is 0. The van der Waals surface area contributed by atoms with Crippen LogP contribution in [0.5, 0.6) is 0 Å². The van der Waals surface area contributed by atoms with Gasteiger partial charge in [0.15, 0.2) is 0 Å². The maximum atomic E-state index is 8.25. The molecule has 0 rings (SSSR count). The molecule has 0 spiro atoms. The zero-order valence-corrected chi connectivity index (χ0v) is 8.01. The van der Waals surface area contributed by atoms with Gasteiger partial charge in [0.05, 0.1) is 10.2 Å². The van der Waals surface area contributed by atoms with E-state index in [-0.39, 0.29) is 31.1 Å². The van der Waals surface area contributed by atoms with E-state index in [0.717, 1.165) is 0 Å². The second-order valence-electron chi connectivity index (χ2n) is 0.447. The summed E-state index contributed by atoms with van der Waals surface area (Å²) in [6, 6.07) is 0. The van der Waals surface area contributed by atoms with E-state index in [2.05, 4.69) is 0 Å². The van der Waals surface area contributed by atoms with Crippen LogP contribution < -0.4 is 0 Å². The van der Waals surface area contributed by atoms with Gasteiger partial charge in [-0.1, -0.05) is 0 Å². The minimum Gasteiger partial charge on any atom is -0.356 e. The van der Waals surface area contributed by atoms with E-state index < -0.39 is 10.2 Å². The molecule has 0 aliphatic carbocycles. The zero-order chi connectivity index (χ0) is 7.15. The molecule has 0 fully saturated rings. The summed E-state index contributed by atoms with van der Waals surface area (Å²) in [5.74, 6) is 0. The van der Waals surface area contributed by atoms with E-state index in [1.807, 2.05) is 0 Å². The Labute approximate surface area is 72.1 Å². The molecule has 0 unspecified atom stereocenters. The van der Waals surface area contributed by atoms with Gasteiger partial charge in [-0.2, -0.15) is 0 Å². The van der Waals surface area contributed by atoms with Crippen LogP contribution in [-0.2, 0) is 0 Å². The van der Waals surface area contributed by atoms with Crippen molar-refractivity contribution in [3.05, 3.63) is 30.6 Å². The van der Waals surface area contributed by atoms with Gasteiger partial charge < -0.3 is 30.6 Å². The largest absolute Gasteiger partial charge is 6.00 e. The summed E-state index contributed by atoms with van der Waals surface area (Å²) < 4.78 is 0. The van der Waals surface area contributed by atoms with E-state index in [0.29, 0.717) is 0 Å². The van der Waals surface area contributed by atoms with E-state index >= 15 is 0 Å². The van der Waals surface area contributed by atoms with Gasteiger partial charge in [0, 0.05) is 0 Å². The maximum Gasteiger partial charge on any atom is 6.00 e. The molecule has 0 amide bonds. The standard InChI is InChI=1S/2NO3.U/c2*2-1(3)4;/q2*-1;+6. The fraction of sp³-hybridized carbons (Fsp3) is 0. The Morgan fingerprint density at radius 1 is 0.778 bits per heavy atom. The first-order chi connectivity index (χ1) is 3.46. The SMILES string of the molecule is O=[N+]([O-])[O-].O=[N+]([O-])[O-].[U+6]. The van der Waals surface area contributed by atoms with Crippen molar-refractivity contribution in [2.45, 2.75) is 0 Å². The van der Waals surface area contributed by atoms with Crippen molar-refractivity contribution in [3.63, 3.8) is 0 Å². The van der Waals surface area contributed by atoms with Crippen LogP contribution in [0, 0.1) is 61.8 Å². The van der Waals surface area contributed by atoms with Crippen molar-refractivity contribution in [2.24, 2.45) is 0 Å². The summed E-state index contributed by atoms with van der Waals surface area (Å²) in [6.45, 7) is 0. The second-order valence-corrected chi connectivity index (χ2v) is 0.447. The molecule has 0 aromatic carbocycles. The van der Waals surface area contributed by atoms with Gasteiger partial charge in [0.2, 0.25) is 0 Å². The molecule has 46 valence electrons. The Bertz CT molecular complexity index is 69.1. The molecule has 0 N–H and O–H groups in total. The molecule has 0 radical (unpaired) electrons. The topological polar surface area (TPSA) is 132 Å². The molecule has 9 heavy (non-hydrogen) atoms. The van der Waals surface area contributed by atoms with E-state index in [4.69, 9.17) is 30.6 Å².